The maximum Gasteiger partial charge on any atom is 0.137 e. The van der Waals surface area contributed by atoms with Crippen molar-refractivity contribution in [3.63, 3.8) is 0 Å². The molecule has 6 heteroatoms. The third-order valence-corrected chi connectivity index (χ3v) is 5.46. The van der Waals surface area contributed by atoms with Crippen LogP contribution in [0, 0.1) is 6.92 Å². The van der Waals surface area contributed by atoms with Gasteiger partial charge in [-0.05, 0) is 56.2 Å². The highest BCUT2D eigenvalue weighted by atomic mass is 16.5. The lowest BCUT2D eigenvalue weighted by Crippen LogP contribution is -2.39. The number of hydrogen-bond acceptors (Lipinski definition) is 4. The molecule has 0 aromatic carbocycles. The molecule has 1 atom stereocenters. The summed E-state index contributed by atoms with van der Waals surface area (Å²) in [6.45, 7) is 12.9. The van der Waals surface area contributed by atoms with Gasteiger partial charge in [0.1, 0.15) is 5.65 Å². The predicted molar refractivity (Wildman–Crippen MR) is 121 cm³/mol. The van der Waals surface area contributed by atoms with E-state index in [1.54, 1.807) is 10.9 Å². The average molecular weight is 404 g/mol. The van der Waals surface area contributed by atoms with Crippen molar-refractivity contribution in [2.75, 3.05) is 19.7 Å². The van der Waals surface area contributed by atoms with E-state index in [0.717, 1.165) is 54.3 Å². The number of nitrogens with zero attached hydrogens (tertiary/aromatic N) is 4. The smallest absolute Gasteiger partial charge is 0.137 e. The second-order valence-corrected chi connectivity index (χ2v) is 7.71. The number of ether oxygens (including phenoxy) is 1. The molecule has 6 nitrogen and oxygen atoms in total. The van der Waals surface area contributed by atoms with Crippen molar-refractivity contribution in [1.82, 2.24) is 24.5 Å². The molecule has 156 valence electrons. The van der Waals surface area contributed by atoms with Crippen LogP contribution in [0.3, 0.4) is 0 Å². The van der Waals surface area contributed by atoms with Crippen LogP contribution in [0.15, 0.2) is 61.1 Å². The molecule has 4 heterocycles. The first-order valence-electron chi connectivity index (χ1n) is 10.4. The molecule has 0 bridgehead atoms. The summed E-state index contributed by atoms with van der Waals surface area (Å²) in [6, 6.07) is 6.15. The van der Waals surface area contributed by atoms with E-state index in [-0.39, 0.29) is 6.10 Å². The molecular weight excluding hydrogens is 374 g/mol. The molecule has 3 aromatic rings. The number of aromatic nitrogens is 4. The molecule has 0 aliphatic carbocycles. The fraction of sp³-hybridized carbons (Fsp3) is 0.333. The van der Waals surface area contributed by atoms with Gasteiger partial charge in [-0.15, -0.1) is 0 Å². The summed E-state index contributed by atoms with van der Waals surface area (Å²) in [4.78, 5) is 5.03. The Labute approximate surface area is 177 Å². The molecule has 0 radical (unpaired) electrons. The Balaban J connectivity index is 1.75. The fourth-order valence-electron chi connectivity index (χ4n) is 3.96. The van der Waals surface area contributed by atoms with Crippen LogP contribution in [-0.4, -0.2) is 45.0 Å². The van der Waals surface area contributed by atoms with E-state index < -0.39 is 0 Å². The van der Waals surface area contributed by atoms with Crippen LogP contribution >= 0.6 is 0 Å². The molecular formula is C24H29N5O. The maximum absolute atomic E-state index is 6.00. The standard InChI is InChI=1S/C24H29N5O/c1-5-21(18(3)14-19(4)29-10-6-8-26-29)24-22(15-20-16-25-9-12-30-20)28-11-7-17(2)13-23(28)27-24/h5-8,10-11,13-14,20,25H,4,9,12,15-16H2,1-3H3/b18-14-,21-5+. The van der Waals surface area contributed by atoms with Gasteiger partial charge in [-0.3, -0.25) is 0 Å². The summed E-state index contributed by atoms with van der Waals surface area (Å²) in [6.07, 6.45) is 10.9. The van der Waals surface area contributed by atoms with Crippen LogP contribution in [-0.2, 0) is 11.2 Å². The van der Waals surface area contributed by atoms with E-state index in [0.29, 0.717) is 0 Å². The molecule has 30 heavy (non-hydrogen) atoms. The van der Waals surface area contributed by atoms with E-state index in [9.17, 15) is 0 Å². The zero-order chi connectivity index (χ0) is 21.1. The van der Waals surface area contributed by atoms with Gasteiger partial charge < -0.3 is 14.5 Å². The monoisotopic (exact) mass is 403 g/mol. The van der Waals surface area contributed by atoms with E-state index in [2.05, 4.69) is 72.6 Å². The second kappa shape index (κ2) is 8.81. The van der Waals surface area contributed by atoms with Crippen LogP contribution in [0.4, 0.5) is 0 Å². The number of pyridine rings is 1. The third kappa shape index (κ3) is 4.15. The number of allylic oxidation sites excluding steroid dienone is 5. The first kappa shape index (κ1) is 20.3. The van der Waals surface area contributed by atoms with Gasteiger partial charge in [-0.2, -0.15) is 5.10 Å². The van der Waals surface area contributed by atoms with E-state index in [1.165, 1.54) is 11.3 Å². The minimum atomic E-state index is 0.139. The Hall–Kier alpha value is -2.96. The Morgan fingerprint density at radius 3 is 2.97 bits per heavy atom. The average Bonchev–Trinajstić information content (AvgIpc) is 3.38. The Morgan fingerprint density at radius 2 is 2.27 bits per heavy atom. The number of aryl methyl sites for hydroxylation is 1. The molecule has 1 saturated heterocycles. The van der Waals surface area contributed by atoms with Crippen LogP contribution in [0.25, 0.3) is 16.9 Å². The van der Waals surface area contributed by atoms with Gasteiger partial charge in [0.15, 0.2) is 0 Å². The summed E-state index contributed by atoms with van der Waals surface area (Å²) in [5.74, 6) is 0. The minimum Gasteiger partial charge on any atom is -0.375 e. The number of hydrogen-bond donors (Lipinski definition) is 1. The zero-order valence-corrected chi connectivity index (χ0v) is 17.9. The molecule has 3 aromatic heterocycles. The van der Waals surface area contributed by atoms with E-state index in [1.807, 2.05) is 12.3 Å². The lowest BCUT2D eigenvalue weighted by atomic mass is 9.99. The third-order valence-electron chi connectivity index (χ3n) is 5.46. The van der Waals surface area contributed by atoms with Gasteiger partial charge in [0.2, 0.25) is 0 Å². The molecule has 4 rings (SSSR count). The number of morpholine rings is 1. The van der Waals surface area contributed by atoms with Gasteiger partial charge in [-0.1, -0.05) is 12.7 Å². The predicted octanol–water partition coefficient (Wildman–Crippen LogP) is 3.89. The van der Waals surface area contributed by atoms with Crippen molar-refractivity contribution >= 4 is 16.9 Å². The molecule has 0 spiro atoms. The van der Waals surface area contributed by atoms with E-state index in [4.69, 9.17) is 9.72 Å². The molecule has 1 aliphatic rings. The summed E-state index contributed by atoms with van der Waals surface area (Å²) in [5.41, 5.74) is 7.34. The van der Waals surface area contributed by atoms with Crippen LogP contribution in [0.5, 0.6) is 0 Å². The molecule has 1 aliphatic heterocycles. The van der Waals surface area contributed by atoms with Crippen molar-refractivity contribution in [1.29, 1.82) is 0 Å². The topological polar surface area (TPSA) is 56.4 Å². The highest BCUT2D eigenvalue weighted by molar-refractivity contribution is 5.81. The highest BCUT2D eigenvalue weighted by Gasteiger charge is 2.22. The van der Waals surface area contributed by atoms with Gasteiger partial charge in [0.05, 0.1) is 29.8 Å². The van der Waals surface area contributed by atoms with Gasteiger partial charge >= 0.3 is 0 Å². The van der Waals surface area contributed by atoms with Gasteiger partial charge in [0.25, 0.3) is 0 Å². The SMILES string of the molecule is C=C(/C=C(C)\C(=C/C)c1nc2cc(C)ccn2c1CC1CNCCO1)n1cccn1. The Kier molecular flexibility index (Phi) is 5.97. The van der Waals surface area contributed by atoms with E-state index >= 15 is 0 Å². The van der Waals surface area contributed by atoms with Crippen molar-refractivity contribution < 1.29 is 4.74 Å². The van der Waals surface area contributed by atoms with Gasteiger partial charge in [-0.25, -0.2) is 9.67 Å². The van der Waals surface area contributed by atoms with Crippen molar-refractivity contribution in [2.24, 2.45) is 0 Å². The zero-order valence-electron chi connectivity index (χ0n) is 17.9. The van der Waals surface area contributed by atoms with Crippen molar-refractivity contribution in [3.05, 3.63) is 78.0 Å². The van der Waals surface area contributed by atoms with Crippen molar-refractivity contribution in [2.45, 2.75) is 33.3 Å². The number of fused-ring (bicyclic) bond motifs is 1. The summed E-state index contributed by atoms with van der Waals surface area (Å²) >= 11 is 0. The van der Waals surface area contributed by atoms with Gasteiger partial charge in [0, 0.05) is 43.7 Å². The second-order valence-electron chi connectivity index (χ2n) is 7.71. The normalized spacial score (nSPS) is 18.2. The first-order valence-corrected chi connectivity index (χ1v) is 10.4. The Morgan fingerprint density at radius 1 is 1.40 bits per heavy atom. The lowest BCUT2D eigenvalue weighted by Gasteiger charge is -2.24. The molecule has 1 fully saturated rings. The number of imidazole rings is 1. The van der Waals surface area contributed by atoms with Crippen LogP contribution in [0.2, 0.25) is 0 Å². The summed E-state index contributed by atoms with van der Waals surface area (Å²) in [7, 11) is 0. The minimum absolute atomic E-state index is 0.139. The first-order chi connectivity index (χ1) is 14.6. The fourth-order valence-corrected chi connectivity index (χ4v) is 3.96. The van der Waals surface area contributed by atoms with Crippen molar-refractivity contribution in [3.8, 4) is 0 Å². The maximum atomic E-state index is 6.00. The van der Waals surface area contributed by atoms with Crippen LogP contribution < -0.4 is 5.32 Å². The largest absolute Gasteiger partial charge is 0.375 e. The lowest BCUT2D eigenvalue weighted by molar-refractivity contribution is 0.0285. The summed E-state index contributed by atoms with van der Waals surface area (Å²) in [5, 5.41) is 7.71. The molecule has 0 saturated carbocycles. The number of nitrogens with one attached hydrogen (secondary N) is 1. The summed E-state index contributed by atoms with van der Waals surface area (Å²) < 4.78 is 9.97. The highest BCUT2D eigenvalue weighted by Crippen LogP contribution is 2.29. The van der Waals surface area contributed by atoms with Crippen LogP contribution in [0.1, 0.15) is 30.8 Å². The quantitative estimate of drug-likeness (QED) is 0.635. The molecule has 0 amide bonds. The molecule has 1 N–H and O–H groups in total. The molecule has 1 unspecified atom stereocenters. The Bertz CT molecular complexity index is 1100. The number of rotatable bonds is 6.